The van der Waals surface area contributed by atoms with E-state index in [0.29, 0.717) is 13.1 Å². The topological polar surface area (TPSA) is 37.4 Å². The Kier molecular flexibility index (Phi) is 2.75. The lowest BCUT2D eigenvalue weighted by Crippen LogP contribution is -2.50. The highest BCUT2D eigenvalue weighted by molar-refractivity contribution is 7.89. The molecule has 1 heterocycles. The molecule has 0 unspecified atom stereocenters. The lowest BCUT2D eigenvalue weighted by Gasteiger charge is -2.36. The third-order valence-corrected chi connectivity index (χ3v) is 4.37. The molecule has 0 aliphatic carbocycles. The molecule has 0 N–H and O–H groups in total. The van der Waals surface area contributed by atoms with E-state index >= 15 is 0 Å². The molecule has 1 aromatic rings. The molecule has 1 saturated heterocycles. The highest BCUT2D eigenvalue weighted by Gasteiger charge is 2.36. The number of hydrogen-bond donors (Lipinski definition) is 0. The number of hydrogen-bond acceptors (Lipinski definition) is 2. The van der Waals surface area contributed by atoms with Crippen LogP contribution in [0.25, 0.3) is 0 Å². The van der Waals surface area contributed by atoms with E-state index in [1.54, 1.807) is 30.3 Å². The number of benzene rings is 1. The third-order valence-electron chi connectivity index (χ3n) is 2.52. The van der Waals surface area contributed by atoms with Gasteiger partial charge in [0, 0.05) is 19.0 Å². The number of sulfonamides is 1. The van der Waals surface area contributed by atoms with E-state index in [-0.39, 0.29) is 10.8 Å². The van der Waals surface area contributed by atoms with Crippen LogP contribution in [-0.4, -0.2) is 32.5 Å². The molecule has 1 fully saturated rings. The standard InChI is InChI=1S/C10H12FNO2S/c11-6-9-7-12(8-9)15(13,14)10-4-2-1-3-5-10/h1-5,9H,6-8H2. The van der Waals surface area contributed by atoms with Crippen molar-refractivity contribution >= 4 is 10.0 Å². The van der Waals surface area contributed by atoms with Gasteiger partial charge in [0.25, 0.3) is 0 Å². The summed E-state index contributed by atoms with van der Waals surface area (Å²) < 4.78 is 37.3. The maximum Gasteiger partial charge on any atom is 0.243 e. The van der Waals surface area contributed by atoms with E-state index in [2.05, 4.69) is 0 Å². The monoisotopic (exact) mass is 229 g/mol. The van der Waals surface area contributed by atoms with Gasteiger partial charge in [-0.1, -0.05) is 18.2 Å². The first-order chi connectivity index (χ1) is 7.14. The molecule has 82 valence electrons. The summed E-state index contributed by atoms with van der Waals surface area (Å²) in [6, 6.07) is 8.23. The van der Waals surface area contributed by atoms with Gasteiger partial charge in [-0.3, -0.25) is 4.39 Å². The Hall–Kier alpha value is -0.940. The Labute approximate surface area is 88.6 Å². The summed E-state index contributed by atoms with van der Waals surface area (Å²) in [7, 11) is -3.38. The molecule has 2 rings (SSSR count). The Morgan fingerprint density at radius 2 is 1.87 bits per heavy atom. The largest absolute Gasteiger partial charge is 0.251 e. The highest BCUT2D eigenvalue weighted by Crippen LogP contribution is 2.24. The molecule has 3 nitrogen and oxygen atoms in total. The van der Waals surface area contributed by atoms with Crippen LogP contribution in [0.5, 0.6) is 0 Å². The minimum absolute atomic E-state index is 0.122. The number of halogens is 1. The highest BCUT2D eigenvalue weighted by atomic mass is 32.2. The second-order valence-electron chi connectivity index (χ2n) is 3.66. The van der Waals surface area contributed by atoms with E-state index in [0.717, 1.165) is 0 Å². The quantitative estimate of drug-likeness (QED) is 0.783. The van der Waals surface area contributed by atoms with Crippen LogP contribution >= 0.6 is 0 Å². The SMILES string of the molecule is O=S(=O)(c1ccccc1)N1CC(CF)C1. The minimum atomic E-state index is -3.38. The molecule has 1 aliphatic heterocycles. The van der Waals surface area contributed by atoms with Crippen molar-refractivity contribution in [2.45, 2.75) is 4.90 Å². The summed E-state index contributed by atoms with van der Waals surface area (Å²) in [6.07, 6.45) is 0. The van der Waals surface area contributed by atoms with E-state index in [4.69, 9.17) is 0 Å². The summed E-state index contributed by atoms with van der Waals surface area (Å²) in [6.45, 7) is 0.155. The minimum Gasteiger partial charge on any atom is -0.251 e. The zero-order valence-corrected chi connectivity index (χ0v) is 8.95. The Morgan fingerprint density at radius 3 is 2.40 bits per heavy atom. The zero-order chi connectivity index (χ0) is 10.9. The fourth-order valence-corrected chi connectivity index (χ4v) is 3.17. The first-order valence-electron chi connectivity index (χ1n) is 4.76. The van der Waals surface area contributed by atoms with Crippen LogP contribution in [0.2, 0.25) is 0 Å². The first-order valence-corrected chi connectivity index (χ1v) is 6.20. The predicted octanol–water partition coefficient (Wildman–Crippen LogP) is 1.28. The van der Waals surface area contributed by atoms with Crippen molar-refractivity contribution in [3.8, 4) is 0 Å². The Balaban J connectivity index is 2.16. The van der Waals surface area contributed by atoms with Crippen molar-refractivity contribution in [1.82, 2.24) is 4.31 Å². The van der Waals surface area contributed by atoms with E-state index in [1.807, 2.05) is 0 Å². The average molecular weight is 229 g/mol. The lowest BCUT2D eigenvalue weighted by molar-refractivity contribution is 0.165. The molecule has 0 aromatic heterocycles. The van der Waals surface area contributed by atoms with Gasteiger partial charge in [0.15, 0.2) is 0 Å². The van der Waals surface area contributed by atoms with Gasteiger partial charge in [0.2, 0.25) is 10.0 Å². The van der Waals surface area contributed by atoms with E-state index in [1.165, 1.54) is 4.31 Å². The van der Waals surface area contributed by atoms with Gasteiger partial charge in [-0.2, -0.15) is 4.31 Å². The molecule has 1 aromatic carbocycles. The van der Waals surface area contributed by atoms with Gasteiger partial charge >= 0.3 is 0 Å². The molecule has 5 heteroatoms. The molecule has 0 atom stereocenters. The molecule has 0 bridgehead atoms. The predicted molar refractivity (Wildman–Crippen MR) is 54.7 cm³/mol. The van der Waals surface area contributed by atoms with Crippen LogP contribution in [0, 0.1) is 5.92 Å². The van der Waals surface area contributed by atoms with Gasteiger partial charge in [-0.25, -0.2) is 8.42 Å². The molecular weight excluding hydrogens is 217 g/mol. The van der Waals surface area contributed by atoms with Crippen molar-refractivity contribution in [3.63, 3.8) is 0 Å². The van der Waals surface area contributed by atoms with Crippen molar-refractivity contribution in [1.29, 1.82) is 0 Å². The molecular formula is C10H12FNO2S. The maximum absolute atomic E-state index is 12.2. The van der Waals surface area contributed by atoms with E-state index < -0.39 is 16.7 Å². The average Bonchev–Trinajstić information content (AvgIpc) is 2.17. The summed E-state index contributed by atoms with van der Waals surface area (Å²) in [5, 5.41) is 0. The molecule has 1 aliphatic rings. The van der Waals surface area contributed by atoms with Crippen molar-refractivity contribution in [2.24, 2.45) is 5.92 Å². The second kappa shape index (κ2) is 3.90. The first kappa shape index (κ1) is 10.6. The molecule has 0 spiro atoms. The molecule has 0 radical (unpaired) electrons. The van der Waals surface area contributed by atoms with Gasteiger partial charge < -0.3 is 0 Å². The Bertz CT molecular complexity index is 426. The number of alkyl halides is 1. The zero-order valence-electron chi connectivity index (χ0n) is 8.14. The maximum atomic E-state index is 12.2. The van der Waals surface area contributed by atoms with Gasteiger partial charge in [0.1, 0.15) is 0 Å². The number of nitrogens with zero attached hydrogens (tertiary/aromatic N) is 1. The van der Waals surface area contributed by atoms with Crippen LogP contribution in [-0.2, 0) is 10.0 Å². The summed E-state index contributed by atoms with van der Waals surface area (Å²) in [5.41, 5.74) is 0. The van der Waals surface area contributed by atoms with Crippen molar-refractivity contribution in [3.05, 3.63) is 30.3 Å². The second-order valence-corrected chi connectivity index (χ2v) is 5.59. The van der Waals surface area contributed by atoms with Crippen LogP contribution < -0.4 is 0 Å². The van der Waals surface area contributed by atoms with Crippen LogP contribution in [0.1, 0.15) is 0 Å². The van der Waals surface area contributed by atoms with Gasteiger partial charge in [0.05, 0.1) is 11.6 Å². The lowest BCUT2D eigenvalue weighted by atomic mass is 10.1. The number of rotatable bonds is 3. The van der Waals surface area contributed by atoms with Gasteiger partial charge in [-0.05, 0) is 12.1 Å². The van der Waals surface area contributed by atoms with Crippen LogP contribution in [0.4, 0.5) is 4.39 Å². The van der Waals surface area contributed by atoms with Crippen molar-refractivity contribution in [2.75, 3.05) is 19.8 Å². The smallest absolute Gasteiger partial charge is 0.243 e. The fraction of sp³-hybridized carbons (Fsp3) is 0.400. The normalized spacial score (nSPS) is 18.7. The van der Waals surface area contributed by atoms with Crippen LogP contribution in [0.15, 0.2) is 35.2 Å². The molecule has 15 heavy (non-hydrogen) atoms. The summed E-state index contributed by atoms with van der Waals surface area (Å²) in [4.78, 5) is 0.280. The van der Waals surface area contributed by atoms with Crippen LogP contribution in [0.3, 0.4) is 0 Å². The van der Waals surface area contributed by atoms with Gasteiger partial charge in [-0.15, -0.1) is 0 Å². The third kappa shape index (κ3) is 1.89. The Morgan fingerprint density at radius 1 is 1.27 bits per heavy atom. The van der Waals surface area contributed by atoms with Crippen molar-refractivity contribution < 1.29 is 12.8 Å². The fourth-order valence-electron chi connectivity index (χ4n) is 1.56. The summed E-state index contributed by atoms with van der Waals surface area (Å²) >= 11 is 0. The van der Waals surface area contributed by atoms with E-state index in [9.17, 15) is 12.8 Å². The molecule has 0 saturated carbocycles. The molecule has 0 amide bonds. The summed E-state index contributed by atoms with van der Waals surface area (Å²) in [5.74, 6) is -0.122.